The van der Waals surface area contributed by atoms with Gasteiger partial charge in [-0.25, -0.2) is 4.39 Å². The molecule has 1 saturated heterocycles. The Morgan fingerprint density at radius 3 is 2.71 bits per heavy atom. The van der Waals surface area contributed by atoms with E-state index >= 15 is 0 Å². The molecule has 0 amide bonds. The van der Waals surface area contributed by atoms with Gasteiger partial charge in [0, 0.05) is 12.1 Å². The van der Waals surface area contributed by atoms with Crippen molar-refractivity contribution in [3.05, 3.63) is 28.5 Å². The number of likely N-dealkylation sites (tertiary alicyclic amines) is 1. The molecule has 1 aromatic carbocycles. The van der Waals surface area contributed by atoms with Gasteiger partial charge in [-0.1, -0.05) is 17.7 Å². The summed E-state index contributed by atoms with van der Waals surface area (Å²) in [5.74, 6) is 0.0846. The van der Waals surface area contributed by atoms with Crippen molar-refractivity contribution < 1.29 is 9.13 Å². The summed E-state index contributed by atoms with van der Waals surface area (Å²) >= 11 is 5.94. The quantitative estimate of drug-likeness (QED) is 0.819. The maximum Gasteiger partial charge on any atom is 0.150 e. The van der Waals surface area contributed by atoms with Gasteiger partial charge < -0.3 is 4.74 Å². The van der Waals surface area contributed by atoms with E-state index in [1.165, 1.54) is 12.8 Å². The minimum absolute atomic E-state index is 0.101. The van der Waals surface area contributed by atoms with E-state index in [4.69, 9.17) is 16.3 Å². The Labute approximate surface area is 106 Å². The molecule has 0 spiro atoms. The number of rotatable bonds is 4. The number of nitrogens with zero attached hydrogens (tertiary/aromatic N) is 1. The highest BCUT2D eigenvalue weighted by Gasteiger charge is 2.17. The second-order valence-electron chi connectivity index (χ2n) is 4.27. The number of halogens is 2. The first kappa shape index (κ1) is 12.7. The first-order valence-electron chi connectivity index (χ1n) is 6.04. The Kier molecular flexibility index (Phi) is 4.24. The molecule has 1 aliphatic rings. The molecule has 4 heteroatoms. The zero-order valence-electron chi connectivity index (χ0n) is 10.0. The molecule has 0 unspecified atom stereocenters. The fourth-order valence-electron chi connectivity index (χ4n) is 2.14. The number of ether oxygens (including phenoxy) is 1. The Bertz CT molecular complexity index is 391. The Morgan fingerprint density at radius 2 is 2.06 bits per heavy atom. The van der Waals surface area contributed by atoms with Crippen LogP contribution in [0.4, 0.5) is 4.39 Å². The van der Waals surface area contributed by atoms with Crippen molar-refractivity contribution in [2.75, 3.05) is 19.7 Å². The smallest absolute Gasteiger partial charge is 0.150 e. The summed E-state index contributed by atoms with van der Waals surface area (Å²) in [5.41, 5.74) is 0.653. The third-order valence-corrected chi connectivity index (χ3v) is 3.37. The van der Waals surface area contributed by atoms with Gasteiger partial charge in [-0.05, 0) is 38.9 Å². The zero-order valence-corrected chi connectivity index (χ0v) is 10.8. The number of benzene rings is 1. The van der Waals surface area contributed by atoms with E-state index in [2.05, 4.69) is 4.90 Å². The lowest BCUT2D eigenvalue weighted by Crippen LogP contribution is -2.19. The van der Waals surface area contributed by atoms with Crippen LogP contribution in [0.5, 0.6) is 5.75 Å². The van der Waals surface area contributed by atoms with Gasteiger partial charge in [0.05, 0.1) is 6.61 Å². The van der Waals surface area contributed by atoms with Gasteiger partial charge in [-0.2, -0.15) is 0 Å². The molecule has 0 N–H and O–H groups in total. The summed E-state index contributed by atoms with van der Waals surface area (Å²) in [6.07, 6.45) is 2.40. The fourth-order valence-corrected chi connectivity index (χ4v) is 2.38. The van der Waals surface area contributed by atoms with Gasteiger partial charge in [-0.15, -0.1) is 0 Å². The topological polar surface area (TPSA) is 12.5 Å². The van der Waals surface area contributed by atoms with Crippen molar-refractivity contribution in [2.45, 2.75) is 26.3 Å². The zero-order chi connectivity index (χ0) is 12.3. The lowest BCUT2D eigenvalue weighted by molar-refractivity contribution is 0.321. The van der Waals surface area contributed by atoms with Crippen LogP contribution in [-0.2, 0) is 6.54 Å². The largest absolute Gasteiger partial charge is 0.492 e. The monoisotopic (exact) mass is 257 g/mol. The molecule has 0 aromatic heterocycles. The molecule has 1 fully saturated rings. The molecule has 2 nitrogen and oxygen atoms in total. The molecule has 1 heterocycles. The van der Waals surface area contributed by atoms with Gasteiger partial charge in [0.1, 0.15) is 16.6 Å². The van der Waals surface area contributed by atoms with Crippen molar-refractivity contribution in [2.24, 2.45) is 0 Å². The highest BCUT2D eigenvalue weighted by Crippen LogP contribution is 2.30. The lowest BCUT2D eigenvalue weighted by Gasteiger charge is -2.16. The number of hydrogen-bond donors (Lipinski definition) is 0. The molecule has 2 rings (SSSR count). The predicted octanol–water partition coefficient (Wildman–Crippen LogP) is 3.47. The maximum absolute atomic E-state index is 14.0. The van der Waals surface area contributed by atoms with Crippen LogP contribution in [0.2, 0.25) is 5.02 Å². The first-order valence-corrected chi connectivity index (χ1v) is 6.42. The van der Waals surface area contributed by atoms with Crippen LogP contribution >= 0.6 is 11.6 Å². The highest BCUT2D eigenvalue weighted by molar-refractivity contribution is 6.32. The van der Waals surface area contributed by atoms with Crippen LogP contribution in [0.3, 0.4) is 0 Å². The van der Waals surface area contributed by atoms with E-state index in [9.17, 15) is 4.39 Å². The van der Waals surface area contributed by atoms with Crippen LogP contribution in [0.1, 0.15) is 25.3 Å². The average Bonchev–Trinajstić information content (AvgIpc) is 2.82. The van der Waals surface area contributed by atoms with Crippen LogP contribution in [-0.4, -0.2) is 24.6 Å². The third kappa shape index (κ3) is 2.90. The van der Waals surface area contributed by atoms with E-state index in [0.29, 0.717) is 24.5 Å². The van der Waals surface area contributed by atoms with E-state index in [1.54, 1.807) is 12.1 Å². The summed E-state index contributed by atoms with van der Waals surface area (Å²) in [6.45, 7) is 5.07. The van der Waals surface area contributed by atoms with Gasteiger partial charge >= 0.3 is 0 Å². The van der Waals surface area contributed by atoms with Gasteiger partial charge in [0.2, 0.25) is 0 Å². The summed E-state index contributed by atoms with van der Waals surface area (Å²) in [6, 6.07) is 3.52. The molecule has 1 aromatic rings. The molecule has 1 aliphatic heterocycles. The van der Waals surface area contributed by atoms with Crippen molar-refractivity contribution >= 4 is 11.6 Å². The molecule has 17 heavy (non-hydrogen) atoms. The van der Waals surface area contributed by atoms with Crippen LogP contribution in [0, 0.1) is 5.82 Å². The van der Waals surface area contributed by atoms with Crippen molar-refractivity contribution in [3.63, 3.8) is 0 Å². The Morgan fingerprint density at radius 1 is 1.35 bits per heavy atom. The average molecular weight is 258 g/mol. The van der Waals surface area contributed by atoms with E-state index in [-0.39, 0.29) is 10.8 Å². The van der Waals surface area contributed by atoms with E-state index in [1.807, 2.05) is 6.92 Å². The van der Waals surface area contributed by atoms with E-state index < -0.39 is 0 Å². The minimum Gasteiger partial charge on any atom is -0.492 e. The molecule has 0 radical (unpaired) electrons. The molecule has 0 bridgehead atoms. The third-order valence-electron chi connectivity index (χ3n) is 3.02. The summed E-state index contributed by atoms with van der Waals surface area (Å²) in [5, 5.41) is 0.101. The molecule has 0 aliphatic carbocycles. The highest BCUT2D eigenvalue weighted by atomic mass is 35.5. The van der Waals surface area contributed by atoms with Crippen LogP contribution < -0.4 is 4.74 Å². The van der Waals surface area contributed by atoms with Crippen molar-refractivity contribution in [3.8, 4) is 5.75 Å². The summed E-state index contributed by atoms with van der Waals surface area (Å²) in [7, 11) is 0. The minimum atomic E-state index is -0.343. The predicted molar refractivity (Wildman–Crippen MR) is 67.1 cm³/mol. The fraction of sp³-hybridized carbons (Fsp3) is 0.538. The molecular formula is C13H17ClFNO. The Hall–Kier alpha value is -0.800. The standard InChI is InChI=1S/C13H17ClFNO/c1-2-17-11-6-5-10(13(15)12(11)14)9-16-7-3-4-8-16/h5-6H,2-4,7-9H2,1H3. The van der Waals surface area contributed by atoms with Crippen LogP contribution in [0.15, 0.2) is 12.1 Å². The maximum atomic E-state index is 14.0. The van der Waals surface area contributed by atoms with Gasteiger partial charge in [-0.3, -0.25) is 4.90 Å². The second kappa shape index (κ2) is 5.69. The molecular weight excluding hydrogens is 241 g/mol. The normalized spacial score (nSPS) is 16.4. The van der Waals surface area contributed by atoms with Crippen molar-refractivity contribution in [1.29, 1.82) is 0 Å². The Balaban J connectivity index is 2.14. The van der Waals surface area contributed by atoms with Gasteiger partial charge in [0.25, 0.3) is 0 Å². The summed E-state index contributed by atoms with van der Waals surface area (Å²) in [4.78, 5) is 2.25. The number of hydrogen-bond acceptors (Lipinski definition) is 2. The second-order valence-corrected chi connectivity index (χ2v) is 4.65. The molecule has 0 saturated carbocycles. The molecule has 0 atom stereocenters. The van der Waals surface area contributed by atoms with Gasteiger partial charge in [0.15, 0.2) is 0 Å². The first-order chi connectivity index (χ1) is 8.22. The van der Waals surface area contributed by atoms with E-state index in [0.717, 1.165) is 13.1 Å². The summed E-state index contributed by atoms with van der Waals surface area (Å²) < 4.78 is 19.3. The SMILES string of the molecule is CCOc1ccc(CN2CCCC2)c(F)c1Cl. The van der Waals surface area contributed by atoms with Crippen molar-refractivity contribution in [1.82, 2.24) is 4.90 Å². The van der Waals surface area contributed by atoms with Crippen LogP contribution in [0.25, 0.3) is 0 Å². The lowest BCUT2D eigenvalue weighted by atomic mass is 10.2. The molecule has 94 valence electrons.